The minimum atomic E-state index is -3.94. The SMILES string of the molecule is [N-]=[N+]=NS(=O)(=O)C1C=CC=CC1=N. The fraction of sp³-hybridized carbons (Fsp3) is 0.167. The first-order chi connectivity index (χ1) is 6.08. The maximum absolute atomic E-state index is 11.1. The van der Waals surface area contributed by atoms with Gasteiger partial charge in [0.2, 0.25) is 10.0 Å². The second kappa shape index (κ2) is 3.42. The molecule has 1 aliphatic carbocycles. The van der Waals surface area contributed by atoms with E-state index in [-0.39, 0.29) is 5.71 Å². The molecule has 0 aromatic rings. The van der Waals surface area contributed by atoms with E-state index >= 15 is 0 Å². The van der Waals surface area contributed by atoms with Gasteiger partial charge in [-0.15, -0.1) is 0 Å². The molecule has 68 valence electrons. The Balaban J connectivity index is 3.10. The van der Waals surface area contributed by atoms with Crippen molar-refractivity contribution in [2.45, 2.75) is 5.25 Å². The van der Waals surface area contributed by atoms with Crippen LogP contribution in [-0.4, -0.2) is 19.4 Å². The first-order valence-electron chi connectivity index (χ1n) is 3.31. The number of rotatable bonds is 2. The van der Waals surface area contributed by atoms with Crippen LogP contribution in [0.2, 0.25) is 0 Å². The molecule has 0 amide bonds. The van der Waals surface area contributed by atoms with Gasteiger partial charge in [-0.25, -0.2) is 8.42 Å². The summed E-state index contributed by atoms with van der Waals surface area (Å²) < 4.78 is 25.0. The summed E-state index contributed by atoms with van der Waals surface area (Å²) in [6, 6.07) is 0. The van der Waals surface area contributed by atoms with E-state index in [1.54, 1.807) is 6.08 Å². The molecule has 0 aromatic carbocycles. The molecule has 1 N–H and O–H groups in total. The van der Waals surface area contributed by atoms with E-state index in [0.29, 0.717) is 0 Å². The van der Waals surface area contributed by atoms with Gasteiger partial charge in [0.15, 0.2) is 0 Å². The summed E-state index contributed by atoms with van der Waals surface area (Å²) in [6.07, 6.45) is 5.68. The van der Waals surface area contributed by atoms with Crippen LogP contribution < -0.4 is 0 Å². The molecule has 0 spiro atoms. The number of hydrogen-bond acceptors (Lipinski definition) is 3. The molecule has 7 heteroatoms. The highest BCUT2D eigenvalue weighted by Gasteiger charge is 2.25. The molecule has 0 bridgehead atoms. The molecule has 1 rings (SSSR count). The largest absolute Gasteiger partial charge is 0.304 e. The maximum atomic E-state index is 11.1. The highest BCUT2D eigenvalue weighted by atomic mass is 32.2. The Morgan fingerprint density at radius 2 is 2.23 bits per heavy atom. The second-order valence-electron chi connectivity index (χ2n) is 2.31. The van der Waals surface area contributed by atoms with E-state index in [9.17, 15) is 8.42 Å². The van der Waals surface area contributed by atoms with E-state index in [0.717, 1.165) is 0 Å². The molecule has 1 unspecified atom stereocenters. The Morgan fingerprint density at radius 3 is 2.77 bits per heavy atom. The van der Waals surface area contributed by atoms with Gasteiger partial charge in [0, 0.05) is 9.43 Å². The third-order valence-corrected chi connectivity index (χ3v) is 2.80. The van der Waals surface area contributed by atoms with Gasteiger partial charge in [-0.3, -0.25) is 0 Å². The predicted molar refractivity (Wildman–Crippen MR) is 47.9 cm³/mol. The molecular formula is C6H6N4O2S. The average Bonchev–Trinajstić information content (AvgIpc) is 2.04. The first kappa shape index (κ1) is 9.50. The molecule has 1 aliphatic rings. The van der Waals surface area contributed by atoms with Crippen LogP contribution in [-0.2, 0) is 10.0 Å². The monoisotopic (exact) mass is 198 g/mol. The third kappa shape index (κ3) is 1.95. The molecule has 0 aliphatic heterocycles. The van der Waals surface area contributed by atoms with Crippen molar-refractivity contribution in [1.82, 2.24) is 0 Å². The highest BCUT2D eigenvalue weighted by molar-refractivity contribution is 7.91. The number of nitrogens with zero attached hydrogens (tertiary/aromatic N) is 3. The molecule has 0 saturated heterocycles. The van der Waals surface area contributed by atoms with E-state index in [2.05, 4.69) is 9.43 Å². The molecular weight excluding hydrogens is 192 g/mol. The van der Waals surface area contributed by atoms with Crippen LogP contribution in [0.3, 0.4) is 0 Å². The Hall–Kier alpha value is -1.59. The summed E-state index contributed by atoms with van der Waals surface area (Å²) in [4.78, 5) is 2.20. The van der Waals surface area contributed by atoms with Crippen molar-refractivity contribution in [2.75, 3.05) is 0 Å². The minimum absolute atomic E-state index is 0.102. The van der Waals surface area contributed by atoms with E-state index in [1.165, 1.54) is 18.2 Å². The Labute approximate surface area is 74.8 Å². The maximum Gasteiger partial charge on any atom is 0.247 e. The molecule has 6 nitrogen and oxygen atoms in total. The summed E-state index contributed by atoms with van der Waals surface area (Å²) in [7, 11) is -3.94. The lowest BCUT2D eigenvalue weighted by molar-refractivity contribution is 0.597. The van der Waals surface area contributed by atoms with Gasteiger partial charge in [-0.05, 0) is 11.6 Å². The summed E-state index contributed by atoms with van der Waals surface area (Å²) in [6.45, 7) is 0. The molecule has 1 atom stereocenters. The van der Waals surface area contributed by atoms with Crippen molar-refractivity contribution in [2.24, 2.45) is 4.52 Å². The van der Waals surface area contributed by atoms with Gasteiger partial charge in [0.1, 0.15) is 5.25 Å². The summed E-state index contributed by atoms with van der Waals surface area (Å²) in [5, 5.41) is 6.13. The zero-order valence-corrected chi connectivity index (χ0v) is 7.27. The average molecular weight is 198 g/mol. The van der Waals surface area contributed by atoms with Gasteiger partial charge >= 0.3 is 0 Å². The van der Waals surface area contributed by atoms with Gasteiger partial charge < -0.3 is 5.41 Å². The van der Waals surface area contributed by atoms with Crippen LogP contribution in [0.15, 0.2) is 28.8 Å². The van der Waals surface area contributed by atoms with Gasteiger partial charge in [-0.1, -0.05) is 18.2 Å². The molecule has 0 radical (unpaired) electrons. The van der Waals surface area contributed by atoms with Crippen molar-refractivity contribution in [1.29, 1.82) is 5.41 Å². The fourth-order valence-corrected chi connectivity index (χ4v) is 1.78. The molecule has 0 fully saturated rings. The number of azide groups is 1. The minimum Gasteiger partial charge on any atom is -0.304 e. The van der Waals surface area contributed by atoms with Crippen molar-refractivity contribution < 1.29 is 8.42 Å². The van der Waals surface area contributed by atoms with Gasteiger partial charge in [0.05, 0.1) is 5.71 Å². The summed E-state index contributed by atoms with van der Waals surface area (Å²) >= 11 is 0. The van der Waals surface area contributed by atoms with Crippen LogP contribution in [0.4, 0.5) is 0 Å². The lowest BCUT2D eigenvalue weighted by Crippen LogP contribution is -2.25. The van der Waals surface area contributed by atoms with Crippen molar-refractivity contribution in [3.8, 4) is 0 Å². The van der Waals surface area contributed by atoms with E-state index in [1.807, 2.05) is 0 Å². The quantitative estimate of drug-likeness (QED) is 0.408. The second-order valence-corrected chi connectivity index (χ2v) is 4.01. The van der Waals surface area contributed by atoms with Crippen molar-refractivity contribution >= 4 is 15.7 Å². The highest BCUT2D eigenvalue weighted by Crippen LogP contribution is 2.12. The first-order valence-corrected chi connectivity index (χ1v) is 4.82. The Kier molecular flexibility index (Phi) is 2.50. The summed E-state index contributed by atoms with van der Waals surface area (Å²) in [5.41, 5.74) is 7.88. The van der Waals surface area contributed by atoms with E-state index in [4.69, 9.17) is 10.9 Å². The van der Waals surface area contributed by atoms with E-state index < -0.39 is 15.3 Å². The number of hydrogen-bond donors (Lipinski definition) is 1. The summed E-state index contributed by atoms with van der Waals surface area (Å²) in [5.74, 6) is 0. The van der Waals surface area contributed by atoms with Crippen molar-refractivity contribution in [3.05, 3.63) is 34.7 Å². The van der Waals surface area contributed by atoms with Gasteiger partial charge in [0.25, 0.3) is 0 Å². The topological polar surface area (TPSA) is 107 Å². The van der Waals surface area contributed by atoms with Crippen LogP contribution >= 0.6 is 0 Å². The smallest absolute Gasteiger partial charge is 0.247 e. The van der Waals surface area contributed by atoms with Crippen LogP contribution in [0.1, 0.15) is 0 Å². The van der Waals surface area contributed by atoms with Crippen LogP contribution in [0, 0.1) is 5.41 Å². The molecule has 0 aromatic heterocycles. The lowest BCUT2D eigenvalue weighted by atomic mass is 10.1. The Bertz CT molecular complexity index is 428. The Morgan fingerprint density at radius 1 is 1.54 bits per heavy atom. The number of nitrogens with one attached hydrogen (secondary N) is 1. The normalized spacial score (nSPS) is 21.2. The van der Waals surface area contributed by atoms with Crippen molar-refractivity contribution in [3.63, 3.8) is 0 Å². The lowest BCUT2D eigenvalue weighted by Gasteiger charge is -2.10. The third-order valence-electron chi connectivity index (χ3n) is 1.45. The van der Waals surface area contributed by atoms with Gasteiger partial charge in [-0.2, -0.15) is 0 Å². The molecule has 0 heterocycles. The van der Waals surface area contributed by atoms with Crippen LogP contribution in [0.25, 0.3) is 10.4 Å². The molecule has 0 saturated carbocycles. The number of sulfonamides is 1. The van der Waals surface area contributed by atoms with Crippen LogP contribution in [0.5, 0.6) is 0 Å². The zero-order chi connectivity index (χ0) is 9.90. The number of allylic oxidation sites excluding steroid dienone is 3. The molecule has 13 heavy (non-hydrogen) atoms. The standard InChI is InChI=1S/C6H6N4O2S/c7-5-3-1-2-4-6(5)13(11,12)10-9-8/h1-4,6-7H. The predicted octanol–water partition coefficient (Wildman–Crippen LogP) is 1.14. The zero-order valence-electron chi connectivity index (χ0n) is 6.45. The fourth-order valence-electron chi connectivity index (χ4n) is 0.884.